The topological polar surface area (TPSA) is 115 Å². The Bertz CT molecular complexity index is 982. The van der Waals surface area contributed by atoms with Crippen LogP contribution >= 0.6 is 7.82 Å². The van der Waals surface area contributed by atoms with Gasteiger partial charge in [-0.15, -0.1) is 0 Å². The number of phosphoric acid groups is 1. The van der Waals surface area contributed by atoms with Crippen LogP contribution in [-0.2, 0) is 22.3 Å². The van der Waals surface area contributed by atoms with Gasteiger partial charge in [-0.1, -0.05) is 18.2 Å². The number of methoxy groups -OCH3 is 2. The van der Waals surface area contributed by atoms with Gasteiger partial charge in [0.1, 0.15) is 5.75 Å². The number of halogens is 3. The van der Waals surface area contributed by atoms with E-state index in [1.54, 1.807) is 30.4 Å². The van der Waals surface area contributed by atoms with E-state index in [1.807, 2.05) is 0 Å². The van der Waals surface area contributed by atoms with Crippen LogP contribution in [0, 0.1) is 0 Å². The van der Waals surface area contributed by atoms with Crippen molar-refractivity contribution >= 4 is 20.0 Å². The number of hydrogen-bond donors (Lipinski definition) is 3. The first kappa shape index (κ1) is 25.7. The number of aliphatic hydroxyl groups excluding tert-OH is 2. The molecule has 1 unspecified atom stereocenters. The van der Waals surface area contributed by atoms with E-state index in [1.165, 1.54) is 26.4 Å². The van der Waals surface area contributed by atoms with Crippen molar-refractivity contribution in [2.45, 2.75) is 19.4 Å². The molecule has 0 fully saturated rings. The molecule has 0 amide bonds. The van der Waals surface area contributed by atoms with E-state index >= 15 is 0 Å². The summed E-state index contributed by atoms with van der Waals surface area (Å²) in [4.78, 5) is 9.59. The lowest BCUT2D eigenvalue weighted by Gasteiger charge is -2.16. The van der Waals surface area contributed by atoms with Gasteiger partial charge in [0.05, 0.1) is 27.4 Å². The van der Waals surface area contributed by atoms with Crippen LogP contribution < -0.4 is 14.0 Å². The van der Waals surface area contributed by atoms with E-state index in [0.29, 0.717) is 28.0 Å². The van der Waals surface area contributed by atoms with Gasteiger partial charge in [-0.3, -0.25) is 9.42 Å². The van der Waals surface area contributed by atoms with Gasteiger partial charge in [-0.25, -0.2) is 4.57 Å². The Labute approximate surface area is 182 Å². The van der Waals surface area contributed by atoms with Gasteiger partial charge in [0.2, 0.25) is 0 Å². The summed E-state index contributed by atoms with van der Waals surface area (Å²) in [5, 5.41) is 19.0. The van der Waals surface area contributed by atoms with E-state index in [4.69, 9.17) is 14.0 Å². The van der Waals surface area contributed by atoms with Crippen LogP contribution in [0.25, 0.3) is 12.2 Å². The number of rotatable bonds is 10. The fraction of sp³-hybridized carbons (Fsp3) is 0.300. The molecule has 32 heavy (non-hydrogen) atoms. The highest BCUT2D eigenvalue weighted by Crippen LogP contribution is 2.47. The zero-order chi connectivity index (χ0) is 23.9. The van der Waals surface area contributed by atoms with Crippen LogP contribution in [0.5, 0.6) is 17.2 Å². The summed E-state index contributed by atoms with van der Waals surface area (Å²) in [5.41, 5.74) is 1.98. The molecule has 0 bridgehead atoms. The minimum Gasteiger partial charge on any atom is -0.496 e. The molecule has 0 aliphatic rings. The average molecular weight is 478 g/mol. The third-order valence-corrected chi connectivity index (χ3v) is 5.02. The van der Waals surface area contributed by atoms with E-state index in [-0.39, 0.29) is 24.7 Å². The summed E-state index contributed by atoms with van der Waals surface area (Å²) in [7, 11) is -2.40. The number of benzene rings is 2. The maximum absolute atomic E-state index is 12.3. The summed E-state index contributed by atoms with van der Waals surface area (Å²) in [6.45, 7) is -2.60. The van der Waals surface area contributed by atoms with Crippen LogP contribution in [-0.4, -0.2) is 42.1 Å². The van der Waals surface area contributed by atoms with Crippen molar-refractivity contribution in [1.29, 1.82) is 0 Å². The van der Waals surface area contributed by atoms with Crippen molar-refractivity contribution < 1.29 is 51.4 Å². The van der Waals surface area contributed by atoms with Gasteiger partial charge in [0.25, 0.3) is 0 Å². The molecule has 12 heteroatoms. The molecule has 1 atom stereocenters. The summed E-state index contributed by atoms with van der Waals surface area (Å²) < 4.78 is 67.6. The normalized spacial score (nSPS) is 13.8. The molecule has 0 saturated heterocycles. The second kappa shape index (κ2) is 10.8. The summed E-state index contributed by atoms with van der Waals surface area (Å²) in [6.07, 6.45) is -1.59. The number of alkyl halides is 3. The first-order valence-electron chi connectivity index (χ1n) is 9.03. The molecule has 0 aromatic heterocycles. The lowest BCUT2D eigenvalue weighted by molar-refractivity contribution is -0.156. The fourth-order valence-corrected chi connectivity index (χ4v) is 3.45. The van der Waals surface area contributed by atoms with E-state index in [0.717, 1.165) is 0 Å². The molecule has 2 aromatic carbocycles. The zero-order valence-electron chi connectivity index (χ0n) is 17.1. The number of aliphatic hydroxyl groups is 2. The lowest BCUT2D eigenvalue weighted by atomic mass is 10.0. The van der Waals surface area contributed by atoms with Gasteiger partial charge in [-0.05, 0) is 41.0 Å². The van der Waals surface area contributed by atoms with Crippen LogP contribution in [0.3, 0.4) is 0 Å². The molecule has 2 rings (SSSR count). The van der Waals surface area contributed by atoms with E-state index in [9.17, 15) is 32.8 Å². The summed E-state index contributed by atoms with van der Waals surface area (Å²) in [6, 6.07) is 7.52. The summed E-state index contributed by atoms with van der Waals surface area (Å²) >= 11 is 0. The Balaban J connectivity index is 2.31. The van der Waals surface area contributed by atoms with Crippen LogP contribution in [0.15, 0.2) is 30.3 Å². The van der Waals surface area contributed by atoms with Crippen LogP contribution in [0.1, 0.15) is 22.3 Å². The van der Waals surface area contributed by atoms with Crippen molar-refractivity contribution in [3.05, 3.63) is 52.6 Å². The van der Waals surface area contributed by atoms with E-state index in [2.05, 4.69) is 4.52 Å². The Morgan fingerprint density at radius 1 is 0.938 bits per heavy atom. The fourth-order valence-electron chi connectivity index (χ4n) is 2.69. The predicted molar refractivity (Wildman–Crippen MR) is 109 cm³/mol. The molecule has 0 saturated carbocycles. The van der Waals surface area contributed by atoms with Crippen LogP contribution in [0.4, 0.5) is 13.2 Å². The van der Waals surface area contributed by atoms with Crippen molar-refractivity contribution in [2.24, 2.45) is 0 Å². The quantitative estimate of drug-likeness (QED) is 0.348. The molecular weight excluding hydrogens is 456 g/mol. The Hall–Kier alpha value is -2.56. The maximum Gasteiger partial charge on any atom is 0.527 e. The highest BCUT2D eigenvalue weighted by molar-refractivity contribution is 7.47. The average Bonchev–Trinajstić information content (AvgIpc) is 2.75. The van der Waals surface area contributed by atoms with Gasteiger partial charge in [0.15, 0.2) is 18.1 Å². The second-order valence-corrected chi connectivity index (χ2v) is 7.75. The molecule has 0 radical (unpaired) electrons. The van der Waals surface area contributed by atoms with E-state index < -0.39 is 20.6 Å². The molecule has 3 N–H and O–H groups in total. The van der Waals surface area contributed by atoms with Crippen molar-refractivity contribution in [2.75, 3.05) is 20.8 Å². The molecule has 8 nitrogen and oxygen atoms in total. The standard InChI is InChI=1S/C20H22F3O8P/c1-28-17-6-5-13(8-19(17)31-32(26,27)30-12-20(21,22)23)3-4-14-7-15(10-24)16(11-25)18(9-14)29-2/h3-9,24-25H,10-12H2,1-2H3,(H,26,27)/b4-3-. The SMILES string of the molecule is COc1ccc(/C=C\c2cc(CO)c(CO)c(OC)c2)cc1OP(=O)(O)OCC(F)(F)F. The molecular formula is C20H22F3O8P. The molecule has 0 aliphatic heterocycles. The zero-order valence-corrected chi connectivity index (χ0v) is 18.0. The molecule has 0 aliphatic carbocycles. The second-order valence-electron chi connectivity index (χ2n) is 6.37. The molecule has 0 spiro atoms. The monoisotopic (exact) mass is 478 g/mol. The Morgan fingerprint density at radius 2 is 1.56 bits per heavy atom. The van der Waals surface area contributed by atoms with Crippen molar-refractivity contribution in [3.63, 3.8) is 0 Å². The summed E-state index contributed by atoms with van der Waals surface area (Å²) in [5.74, 6) is 0.0796. The third-order valence-electron chi connectivity index (χ3n) is 4.13. The number of hydrogen-bond acceptors (Lipinski definition) is 7. The first-order chi connectivity index (χ1) is 15.0. The highest BCUT2D eigenvalue weighted by Gasteiger charge is 2.35. The molecule has 176 valence electrons. The minimum absolute atomic E-state index is 0.00330. The van der Waals surface area contributed by atoms with Gasteiger partial charge < -0.3 is 24.2 Å². The van der Waals surface area contributed by atoms with Crippen LogP contribution in [0.2, 0.25) is 0 Å². The van der Waals surface area contributed by atoms with Crippen molar-refractivity contribution in [3.8, 4) is 17.2 Å². The highest BCUT2D eigenvalue weighted by atomic mass is 31.2. The number of phosphoric ester groups is 1. The Morgan fingerprint density at radius 3 is 2.12 bits per heavy atom. The maximum atomic E-state index is 12.3. The Kier molecular flexibility index (Phi) is 8.71. The largest absolute Gasteiger partial charge is 0.527 e. The van der Waals surface area contributed by atoms with Gasteiger partial charge in [0, 0.05) is 5.56 Å². The molecule has 0 heterocycles. The first-order valence-corrected chi connectivity index (χ1v) is 10.5. The lowest BCUT2D eigenvalue weighted by Crippen LogP contribution is -2.17. The van der Waals surface area contributed by atoms with Gasteiger partial charge in [-0.2, -0.15) is 13.2 Å². The number of ether oxygens (including phenoxy) is 2. The minimum atomic E-state index is -5.07. The smallest absolute Gasteiger partial charge is 0.496 e. The van der Waals surface area contributed by atoms with Crippen molar-refractivity contribution in [1.82, 2.24) is 0 Å². The van der Waals surface area contributed by atoms with Gasteiger partial charge >= 0.3 is 14.0 Å². The molecule has 2 aromatic rings. The third kappa shape index (κ3) is 7.25. The predicted octanol–water partition coefficient (Wildman–Crippen LogP) is 3.92.